The van der Waals surface area contributed by atoms with E-state index in [0.29, 0.717) is 13.2 Å². The number of likely N-dealkylation sites (N-methyl/N-ethyl adjacent to an activating group) is 1. The van der Waals surface area contributed by atoms with Gasteiger partial charge in [0.2, 0.25) is 0 Å². The predicted molar refractivity (Wildman–Crippen MR) is 117 cm³/mol. The van der Waals surface area contributed by atoms with Gasteiger partial charge in [0.15, 0.2) is 6.54 Å². The molecule has 0 spiro atoms. The molecule has 0 radical (unpaired) electrons. The van der Waals surface area contributed by atoms with Crippen LogP contribution in [0.5, 0.6) is 5.75 Å². The van der Waals surface area contributed by atoms with Crippen molar-refractivity contribution in [2.45, 2.75) is 19.9 Å². The summed E-state index contributed by atoms with van der Waals surface area (Å²) in [6.45, 7) is 3.83. The van der Waals surface area contributed by atoms with Crippen LogP contribution in [0.3, 0.4) is 0 Å². The van der Waals surface area contributed by atoms with Crippen LogP contribution in [0.1, 0.15) is 23.6 Å². The number of carbonyl (C=O) groups is 1. The van der Waals surface area contributed by atoms with Crippen LogP contribution in [0, 0.1) is 0 Å². The van der Waals surface area contributed by atoms with Crippen molar-refractivity contribution in [2.24, 2.45) is 0 Å². The number of ether oxygens (including phenoxy) is 1. The normalized spacial score (nSPS) is 11.7. The minimum Gasteiger partial charge on any atom is -0.494 e. The van der Waals surface area contributed by atoms with Crippen LogP contribution >= 0.6 is 0 Å². The van der Waals surface area contributed by atoms with Crippen molar-refractivity contribution in [1.82, 2.24) is 0 Å². The monoisotopic (exact) mass is 389 g/mol. The van der Waals surface area contributed by atoms with Gasteiger partial charge in [-0.25, -0.2) is 0 Å². The van der Waals surface area contributed by atoms with Gasteiger partial charge < -0.3 is 15.0 Å². The van der Waals surface area contributed by atoms with Gasteiger partial charge in [-0.05, 0) is 54.8 Å². The predicted octanol–water partition coefficient (Wildman–Crippen LogP) is 3.33. The Morgan fingerprint density at radius 1 is 0.897 bits per heavy atom. The average molecular weight is 390 g/mol. The number of rotatable bonds is 9. The topological polar surface area (TPSA) is 42.8 Å². The molecule has 0 heterocycles. The molecule has 1 amide bonds. The summed E-state index contributed by atoms with van der Waals surface area (Å²) in [5.41, 5.74) is 4.42. The minimum absolute atomic E-state index is 0.0222. The molecule has 0 aliphatic carbocycles. The summed E-state index contributed by atoms with van der Waals surface area (Å²) in [6, 6.07) is 26.4. The largest absolute Gasteiger partial charge is 0.494 e. The van der Waals surface area contributed by atoms with E-state index in [4.69, 9.17) is 4.74 Å². The maximum atomic E-state index is 12.6. The molecule has 1 atom stereocenters. The second-order valence-corrected chi connectivity index (χ2v) is 7.26. The SMILES string of the molecule is CCOc1ccc(C[NH+](C)CC(=O)Nc2ccccc2Cc2ccccc2)cc1. The van der Waals surface area contributed by atoms with E-state index >= 15 is 0 Å². The smallest absolute Gasteiger partial charge is 0.279 e. The first-order chi connectivity index (χ1) is 14.1. The zero-order valence-electron chi connectivity index (χ0n) is 17.2. The van der Waals surface area contributed by atoms with Gasteiger partial charge in [-0.1, -0.05) is 48.5 Å². The minimum atomic E-state index is 0.0222. The fraction of sp³-hybridized carbons (Fsp3) is 0.240. The molecule has 150 valence electrons. The van der Waals surface area contributed by atoms with Gasteiger partial charge in [0.1, 0.15) is 12.3 Å². The van der Waals surface area contributed by atoms with Crippen molar-refractivity contribution in [1.29, 1.82) is 0 Å². The first kappa shape index (κ1) is 20.6. The molecule has 0 saturated carbocycles. The van der Waals surface area contributed by atoms with E-state index in [2.05, 4.69) is 35.6 Å². The highest BCUT2D eigenvalue weighted by atomic mass is 16.5. The molecule has 0 aliphatic heterocycles. The first-order valence-electron chi connectivity index (χ1n) is 10.1. The number of nitrogens with one attached hydrogen (secondary N) is 2. The molecule has 0 aromatic heterocycles. The molecule has 0 aliphatic rings. The van der Waals surface area contributed by atoms with E-state index in [-0.39, 0.29) is 5.91 Å². The Hall–Kier alpha value is -3.11. The number of quaternary nitrogens is 1. The van der Waals surface area contributed by atoms with Crippen molar-refractivity contribution < 1.29 is 14.4 Å². The first-order valence-corrected chi connectivity index (χ1v) is 10.1. The van der Waals surface area contributed by atoms with Crippen LogP contribution in [0.25, 0.3) is 0 Å². The Balaban J connectivity index is 1.56. The molecule has 4 heteroatoms. The van der Waals surface area contributed by atoms with Crippen LogP contribution in [-0.4, -0.2) is 26.1 Å². The van der Waals surface area contributed by atoms with Crippen molar-refractivity contribution in [3.05, 3.63) is 95.6 Å². The molecule has 3 rings (SSSR count). The van der Waals surface area contributed by atoms with Gasteiger partial charge in [-0.15, -0.1) is 0 Å². The van der Waals surface area contributed by atoms with E-state index in [9.17, 15) is 4.79 Å². The van der Waals surface area contributed by atoms with Gasteiger partial charge in [-0.2, -0.15) is 0 Å². The third kappa shape index (κ3) is 6.47. The van der Waals surface area contributed by atoms with Crippen LogP contribution in [0.15, 0.2) is 78.9 Å². The Morgan fingerprint density at radius 3 is 2.31 bits per heavy atom. The van der Waals surface area contributed by atoms with E-state index in [1.54, 1.807) is 0 Å². The van der Waals surface area contributed by atoms with Crippen LogP contribution in [0.2, 0.25) is 0 Å². The molecule has 3 aromatic carbocycles. The lowest BCUT2D eigenvalue weighted by molar-refractivity contribution is -0.885. The van der Waals surface area contributed by atoms with E-state index in [1.165, 1.54) is 11.1 Å². The summed E-state index contributed by atoms with van der Waals surface area (Å²) in [5.74, 6) is 0.899. The summed E-state index contributed by atoms with van der Waals surface area (Å²) in [5, 5.41) is 3.09. The summed E-state index contributed by atoms with van der Waals surface area (Å²) < 4.78 is 5.48. The Bertz CT molecular complexity index is 908. The second kappa shape index (κ2) is 10.4. The molecule has 0 saturated heterocycles. The molecule has 4 nitrogen and oxygen atoms in total. The molecule has 0 bridgehead atoms. The second-order valence-electron chi connectivity index (χ2n) is 7.26. The van der Waals surface area contributed by atoms with Gasteiger partial charge in [0.05, 0.1) is 13.7 Å². The molecule has 3 aromatic rings. The molecule has 1 unspecified atom stereocenters. The molecular weight excluding hydrogens is 360 g/mol. The van der Waals surface area contributed by atoms with E-state index in [1.807, 2.05) is 62.5 Å². The summed E-state index contributed by atoms with van der Waals surface area (Å²) in [4.78, 5) is 13.7. The Labute approximate surface area is 173 Å². The maximum Gasteiger partial charge on any atom is 0.279 e. The van der Waals surface area contributed by atoms with E-state index in [0.717, 1.165) is 34.9 Å². The summed E-state index contributed by atoms with van der Waals surface area (Å²) >= 11 is 0. The van der Waals surface area contributed by atoms with Crippen molar-refractivity contribution in [2.75, 3.05) is 25.5 Å². The highest BCUT2D eigenvalue weighted by molar-refractivity contribution is 5.92. The molecule has 2 N–H and O–H groups in total. The standard InChI is InChI=1S/C25H28N2O2/c1-3-29-23-15-13-21(14-16-23)18-27(2)19-25(28)26-24-12-8-7-11-22(24)17-20-9-5-4-6-10-20/h4-16H,3,17-19H2,1-2H3,(H,26,28)/p+1. The fourth-order valence-electron chi connectivity index (χ4n) is 3.36. The zero-order valence-corrected chi connectivity index (χ0v) is 17.2. The molecular formula is C25H29N2O2+. The lowest BCUT2D eigenvalue weighted by Crippen LogP contribution is -3.08. The van der Waals surface area contributed by atoms with Crippen molar-refractivity contribution in [3.8, 4) is 5.75 Å². The number of anilines is 1. The fourth-order valence-corrected chi connectivity index (χ4v) is 3.36. The number of hydrogen-bond donors (Lipinski definition) is 2. The van der Waals surface area contributed by atoms with Crippen molar-refractivity contribution in [3.63, 3.8) is 0 Å². The van der Waals surface area contributed by atoms with Gasteiger partial charge >= 0.3 is 0 Å². The van der Waals surface area contributed by atoms with Crippen molar-refractivity contribution >= 4 is 11.6 Å². The van der Waals surface area contributed by atoms with Crippen LogP contribution in [0.4, 0.5) is 5.69 Å². The third-order valence-electron chi connectivity index (χ3n) is 4.73. The lowest BCUT2D eigenvalue weighted by atomic mass is 10.0. The molecule has 29 heavy (non-hydrogen) atoms. The van der Waals surface area contributed by atoms with Crippen LogP contribution in [-0.2, 0) is 17.8 Å². The Morgan fingerprint density at radius 2 is 1.59 bits per heavy atom. The highest BCUT2D eigenvalue weighted by Gasteiger charge is 2.13. The number of amides is 1. The van der Waals surface area contributed by atoms with Gasteiger partial charge in [0, 0.05) is 11.3 Å². The van der Waals surface area contributed by atoms with Gasteiger partial charge in [-0.3, -0.25) is 4.79 Å². The number of benzene rings is 3. The molecule has 0 fully saturated rings. The lowest BCUT2D eigenvalue weighted by Gasteiger charge is -2.16. The van der Waals surface area contributed by atoms with E-state index < -0.39 is 0 Å². The number of hydrogen-bond acceptors (Lipinski definition) is 2. The summed E-state index contributed by atoms with van der Waals surface area (Å²) in [7, 11) is 2.03. The third-order valence-corrected chi connectivity index (χ3v) is 4.73. The average Bonchev–Trinajstić information content (AvgIpc) is 2.72. The maximum absolute atomic E-state index is 12.6. The highest BCUT2D eigenvalue weighted by Crippen LogP contribution is 2.19. The number of carbonyl (C=O) groups excluding carboxylic acids is 1. The quantitative estimate of drug-likeness (QED) is 0.590. The number of para-hydroxylation sites is 1. The summed E-state index contributed by atoms with van der Waals surface area (Å²) in [6.07, 6.45) is 0.798. The Kier molecular flexibility index (Phi) is 7.42. The van der Waals surface area contributed by atoms with Gasteiger partial charge in [0.25, 0.3) is 5.91 Å². The zero-order chi connectivity index (χ0) is 20.5. The van der Waals surface area contributed by atoms with Crippen LogP contribution < -0.4 is 15.0 Å².